The summed E-state index contributed by atoms with van der Waals surface area (Å²) in [5, 5.41) is 6.68. The largest absolute Gasteiger partial charge is 0.353 e. The maximum atomic E-state index is 12.9. The molecule has 29 heavy (non-hydrogen) atoms. The molecule has 1 aliphatic heterocycles. The fourth-order valence-electron chi connectivity index (χ4n) is 4.24. The van der Waals surface area contributed by atoms with Gasteiger partial charge in [-0.2, -0.15) is 0 Å². The third kappa shape index (κ3) is 5.04. The van der Waals surface area contributed by atoms with Crippen LogP contribution < -0.4 is 15.5 Å². The maximum absolute atomic E-state index is 12.9. The average Bonchev–Trinajstić information content (AvgIpc) is 2.80. The van der Waals surface area contributed by atoms with Crippen molar-refractivity contribution in [3.63, 3.8) is 0 Å². The van der Waals surface area contributed by atoms with Crippen LogP contribution >= 0.6 is 0 Å². The first kappa shape index (κ1) is 19.6. The number of carbonyl (C=O) groups excluding carboxylic acids is 1. The molecule has 1 fully saturated rings. The van der Waals surface area contributed by atoms with Crippen LogP contribution in [0.5, 0.6) is 0 Å². The molecule has 2 aliphatic rings. The van der Waals surface area contributed by atoms with Gasteiger partial charge in [0.15, 0.2) is 0 Å². The first-order chi connectivity index (χ1) is 14.3. The fraction of sp³-hybridized carbons (Fsp3) is 0.417. The molecule has 1 atom stereocenters. The van der Waals surface area contributed by atoms with E-state index in [-0.39, 0.29) is 11.9 Å². The van der Waals surface area contributed by atoms with Gasteiger partial charge in [-0.1, -0.05) is 42.0 Å². The minimum absolute atomic E-state index is 0.0284. The summed E-state index contributed by atoms with van der Waals surface area (Å²) in [4.78, 5) is 19.7. The lowest BCUT2D eigenvalue weighted by atomic mass is 9.97. The van der Waals surface area contributed by atoms with Crippen LogP contribution in [0.15, 0.2) is 60.3 Å². The van der Waals surface area contributed by atoms with E-state index in [1.54, 1.807) is 6.20 Å². The first-order valence-corrected chi connectivity index (χ1v) is 10.8. The molecule has 5 nitrogen and oxygen atoms in total. The molecule has 152 valence electrons. The van der Waals surface area contributed by atoms with Crippen molar-refractivity contribution in [2.75, 3.05) is 31.1 Å². The van der Waals surface area contributed by atoms with Gasteiger partial charge >= 0.3 is 0 Å². The molecular weight excluding hydrogens is 360 g/mol. The molecule has 0 saturated carbocycles. The number of carbonyl (C=O) groups is 1. The number of amides is 1. The quantitative estimate of drug-likeness (QED) is 0.736. The van der Waals surface area contributed by atoms with E-state index in [4.69, 9.17) is 0 Å². The molecule has 0 unspecified atom stereocenters. The van der Waals surface area contributed by atoms with E-state index in [0.29, 0.717) is 12.1 Å². The molecule has 2 heterocycles. The Morgan fingerprint density at radius 3 is 2.90 bits per heavy atom. The molecule has 0 radical (unpaired) electrons. The minimum atomic E-state index is -0.0284. The average molecular weight is 391 g/mol. The number of anilines is 1. The lowest BCUT2D eigenvalue weighted by Crippen LogP contribution is -2.46. The van der Waals surface area contributed by atoms with Gasteiger partial charge in [0.1, 0.15) is 5.82 Å². The summed E-state index contributed by atoms with van der Waals surface area (Å²) in [6.45, 7) is 3.19. The zero-order valence-electron chi connectivity index (χ0n) is 16.9. The van der Waals surface area contributed by atoms with E-state index < -0.39 is 0 Å². The highest BCUT2D eigenvalue weighted by molar-refractivity contribution is 5.98. The maximum Gasteiger partial charge on any atom is 0.255 e. The van der Waals surface area contributed by atoms with Crippen molar-refractivity contribution in [2.24, 2.45) is 0 Å². The second-order valence-corrected chi connectivity index (χ2v) is 7.85. The van der Waals surface area contributed by atoms with Crippen molar-refractivity contribution < 1.29 is 4.79 Å². The number of nitrogens with one attached hydrogen (secondary N) is 2. The van der Waals surface area contributed by atoms with Crippen molar-refractivity contribution in [2.45, 2.75) is 38.1 Å². The number of hydrogen-bond donors (Lipinski definition) is 2. The lowest BCUT2D eigenvalue weighted by molar-refractivity contribution is 0.0954. The summed E-state index contributed by atoms with van der Waals surface area (Å²) in [7, 11) is 0. The summed E-state index contributed by atoms with van der Waals surface area (Å²) < 4.78 is 0. The first-order valence-electron chi connectivity index (χ1n) is 10.8. The van der Waals surface area contributed by atoms with E-state index in [9.17, 15) is 4.79 Å². The molecule has 1 amide bonds. The number of piperazine rings is 1. The summed E-state index contributed by atoms with van der Waals surface area (Å²) in [5.74, 6) is 0.753. The predicted molar refractivity (Wildman–Crippen MR) is 117 cm³/mol. The number of hydrogen-bond acceptors (Lipinski definition) is 4. The molecular formula is C24H30N4O. The molecule has 0 bridgehead atoms. The standard InChI is InChI=1S/C24H30N4O/c29-24(27-15-13-19-8-3-1-4-9-19)21-12-7-14-26-23(21)28-17-16-25-22(18-28)20-10-5-2-6-11-20/h2,5-8,10-12,14,22,25H,1,3-4,9,13,15-18H2,(H,27,29)/t22-/m1/s1. The van der Waals surface area contributed by atoms with Gasteiger partial charge in [0.25, 0.3) is 5.91 Å². The topological polar surface area (TPSA) is 57.3 Å². The van der Waals surface area contributed by atoms with Gasteiger partial charge in [0, 0.05) is 38.4 Å². The number of allylic oxidation sites excluding steroid dienone is 1. The third-order valence-corrected chi connectivity index (χ3v) is 5.82. The Bertz CT molecular complexity index is 849. The van der Waals surface area contributed by atoms with Crippen LogP contribution in [0, 0.1) is 0 Å². The summed E-state index contributed by atoms with van der Waals surface area (Å²) >= 11 is 0. The van der Waals surface area contributed by atoms with Crippen molar-refractivity contribution in [3.8, 4) is 0 Å². The van der Waals surface area contributed by atoms with Crippen LogP contribution in [0.3, 0.4) is 0 Å². The third-order valence-electron chi connectivity index (χ3n) is 5.82. The Kier molecular flexibility index (Phi) is 6.57. The van der Waals surface area contributed by atoms with E-state index in [1.165, 1.54) is 36.8 Å². The second kappa shape index (κ2) is 9.70. The Morgan fingerprint density at radius 2 is 2.07 bits per heavy atom. The van der Waals surface area contributed by atoms with Gasteiger partial charge < -0.3 is 15.5 Å². The van der Waals surface area contributed by atoms with Gasteiger partial charge in [0.2, 0.25) is 0 Å². The highest BCUT2D eigenvalue weighted by Gasteiger charge is 2.25. The molecule has 5 heteroatoms. The SMILES string of the molecule is O=C(NCCC1=CCCCC1)c1cccnc1N1CCN[C@@H](c2ccccc2)C1. The smallest absolute Gasteiger partial charge is 0.255 e. The van der Waals surface area contributed by atoms with Crippen LogP contribution in [0.2, 0.25) is 0 Å². The molecule has 1 aliphatic carbocycles. The number of aromatic nitrogens is 1. The highest BCUT2D eigenvalue weighted by Crippen LogP contribution is 2.24. The van der Waals surface area contributed by atoms with Crippen molar-refractivity contribution in [3.05, 3.63) is 71.4 Å². The number of benzene rings is 1. The van der Waals surface area contributed by atoms with Gasteiger partial charge in [0.05, 0.1) is 5.56 Å². The van der Waals surface area contributed by atoms with Gasteiger partial charge in [-0.05, 0) is 49.8 Å². The fourth-order valence-corrected chi connectivity index (χ4v) is 4.24. The van der Waals surface area contributed by atoms with Crippen LogP contribution in [-0.2, 0) is 0 Å². The van der Waals surface area contributed by atoms with Gasteiger partial charge in [-0.15, -0.1) is 0 Å². The van der Waals surface area contributed by atoms with E-state index in [0.717, 1.165) is 31.9 Å². The Morgan fingerprint density at radius 1 is 1.17 bits per heavy atom. The number of pyridine rings is 1. The van der Waals surface area contributed by atoms with Crippen LogP contribution in [0.25, 0.3) is 0 Å². The zero-order valence-corrected chi connectivity index (χ0v) is 16.9. The normalized spacial score (nSPS) is 19.5. The Hall–Kier alpha value is -2.66. The van der Waals surface area contributed by atoms with Crippen molar-refractivity contribution in [1.82, 2.24) is 15.6 Å². The van der Waals surface area contributed by atoms with E-state index >= 15 is 0 Å². The molecule has 1 saturated heterocycles. The minimum Gasteiger partial charge on any atom is -0.353 e. The summed E-state index contributed by atoms with van der Waals surface area (Å²) in [5.41, 5.74) is 3.41. The monoisotopic (exact) mass is 390 g/mol. The Balaban J connectivity index is 1.42. The van der Waals surface area contributed by atoms with E-state index in [1.807, 2.05) is 18.2 Å². The van der Waals surface area contributed by atoms with Crippen LogP contribution in [0.4, 0.5) is 5.82 Å². The van der Waals surface area contributed by atoms with Crippen LogP contribution in [-0.4, -0.2) is 37.1 Å². The van der Waals surface area contributed by atoms with Gasteiger partial charge in [-0.3, -0.25) is 4.79 Å². The van der Waals surface area contributed by atoms with Crippen molar-refractivity contribution >= 4 is 11.7 Å². The number of rotatable bonds is 6. The molecule has 1 aromatic carbocycles. The molecule has 0 spiro atoms. The van der Waals surface area contributed by atoms with E-state index in [2.05, 4.69) is 50.9 Å². The second-order valence-electron chi connectivity index (χ2n) is 7.85. The predicted octanol–water partition coefficient (Wildman–Crippen LogP) is 3.85. The van der Waals surface area contributed by atoms with Crippen LogP contribution in [0.1, 0.15) is 54.1 Å². The lowest BCUT2D eigenvalue weighted by Gasteiger charge is -2.35. The summed E-state index contributed by atoms with van der Waals surface area (Å²) in [6, 6.07) is 14.4. The molecule has 2 N–H and O–H groups in total. The number of nitrogens with zero attached hydrogens (tertiary/aromatic N) is 2. The Labute approximate surface area is 173 Å². The summed E-state index contributed by atoms with van der Waals surface area (Å²) in [6.07, 6.45) is 10.00. The van der Waals surface area contributed by atoms with Gasteiger partial charge in [-0.25, -0.2) is 4.98 Å². The molecule has 1 aromatic heterocycles. The highest BCUT2D eigenvalue weighted by atomic mass is 16.1. The van der Waals surface area contributed by atoms with Crippen molar-refractivity contribution in [1.29, 1.82) is 0 Å². The zero-order chi connectivity index (χ0) is 19.9. The molecule has 4 rings (SSSR count). The molecule has 2 aromatic rings.